The normalized spacial score (nSPS) is 10.9. The van der Waals surface area contributed by atoms with E-state index in [2.05, 4.69) is 15.5 Å². The van der Waals surface area contributed by atoms with E-state index in [1.165, 1.54) is 12.1 Å². The second kappa shape index (κ2) is 7.37. The molecule has 0 saturated carbocycles. The highest BCUT2D eigenvalue weighted by molar-refractivity contribution is 5.94. The van der Waals surface area contributed by atoms with Crippen molar-refractivity contribution >= 4 is 22.4 Å². The van der Waals surface area contributed by atoms with Gasteiger partial charge in [0.05, 0.1) is 0 Å². The molecule has 0 aliphatic carbocycles. The highest BCUT2D eigenvalue weighted by atomic mass is 19.1. The fourth-order valence-electron chi connectivity index (χ4n) is 2.78. The van der Waals surface area contributed by atoms with Crippen molar-refractivity contribution < 1.29 is 13.7 Å². The number of aromatic nitrogens is 2. The lowest BCUT2D eigenvalue weighted by atomic mass is 10.1. The predicted octanol–water partition coefficient (Wildman–Crippen LogP) is 4.60. The van der Waals surface area contributed by atoms with Crippen LogP contribution in [0.15, 0.2) is 71.3 Å². The van der Waals surface area contributed by atoms with Gasteiger partial charge in [0.1, 0.15) is 5.82 Å². The van der Waals surface area contributed by atoms with Gasteiger partial charge in [0.2, 0.25) is 17.6 Å². The van der Waals surface area contributed by atoms with Gasteiger partial charge in [-0.05, 0) is 47.2 Å². The number of nitrogens with zero attached hydrogens (tertiary/aromatic N) is 2. The van der Waals surface area contributed by atoms with E-state index in [4.69, 9.17) is 4.52 Å². The fraction of sp³-hybridized carbons (Fsp3) is 0.0952. The van der Waals surface area contributed by atoms with Crippen molar-refractivity contribution in [1.29, 1.82) is 0 Å². The Morgan fingerprint density at radius 1 is 1.00 bits per heavy atom. The number of anilines is 1. The minimum atomic E-state index is -0.326. The molecule has 27 heavy (non-hydrogen) atoms. The molecule has 6 heteroatoms. The summed E-state index contributed by atoms with van der Waals surface area (Å²) in [6.45, 7) is 0. The number of benzene rings is 3. The van der Waals surface area contributed by atoms with Crippen molar-refractivity contribution in [2.24, 2.45) is 0 Å². The third-order valence-corrected chi connectivity index (χ3v) is 4.17. The van der Waals surface area contributed by atoms with Crippen molar-refractivity contribution in [3.05, 3.63) is 78.4 Å². The van der Waals surface area contributed by atoms with Crippen LogP contribution in [0.2, 0.25) is 0 Å². The first-order valence-corrected chi connectivity index (χ1v) is 8.54. The zero-order chi connectivity index (χ0) is 18.6. The summed E-state index contributed by atoms with van der Waals surface area (Å²) in [5, 5.41) is 8.94. The van der Waals surface area contributed by atoms with E-state index in [0.717, 1.165) is 16.5 Å². The van der Waals surface area contributed by atoms with Crippen LogP contribution in [0.1, 0.15) is 12.3 Å². The summed E-state index contributed by atoms with van der Waals surface area (Å²) in [6, 6.07) is 19.6. The van der Waals surface area contributed by atoms with Gasteiger partial charge in [-0.1, -0.05) is 35.5 Å². The van der Waals surface area contributed by atoms with Crippen LogP contribution in [0.4, 0.5) is 10.1 Å². The van der Waals surface area contributed by atoms with Crippen molar-refractivity contribution in [3.63, 3.8) is 0 Å². The molecule has 0 bridgehead atoms. The van der Waals surface area contributed by atoms with Gasteiger partial charge in [-0.2, -0.15) is 4.98 Å². The monoisotopic (exact) mass is 361 g/mol. The molecule has 0 unspecified atom stereocenters. The van der Waals surface area contributed by atoms with Crippen LogP contribution >= 0.6 is 0 Å². The van der Waals surface area contributed by atoms with E-state index < -0.39 is 0 Å². The lowest BCUT2D eigenvalue weighted by Gasteiger charge is -2.05. The van der Waals surface area contributed by atoms with Gasteiger partial charge < -0.3 is 9.84 Å². The molecule has 0 saturated heterocycles. The number of hydrogen-bond donors (Lipinski definition) is 1. The van der Waals surface area contributed by atoms with E-state index in [-0.39, 0.29) is 18.1 Å². The maximum Gasteiger partial charge on any atom is 0.227 e. The summed E-state index contributed by atoms with van der Waals surface area (Å²) in [6.07, 6.45) is 0.547. The first-order valence-electron chi connectivity index (χ1n) is 8.54. The van der Waals surface area contributed by atoms with Gasteiger partial charge >= 0.3 is 0 Å². The van der Waals surface area contributed by atoms with E-state index in [1.54, 1.807) is 12.1 Å². The number of halogens is 1. The van der Waals surface area contributed by atoms with Crippen LogP contribution in [-0.4, -0.2) is 16.0 Å². The number of carbonyl (C=O) groups excluding carboxylic acids is 1. The Hall–Kier alpha value is -3.54. The quantitative estimate of drug-likeness (QED) is 0.564. The van der Waals surface area contributed by atoms with E-state index >= 15 is 0 Å². The minimum Gasteiger partial charge on any atom is -0.339 e. The van der Waals surface area contributed by atoms with Gasteiger partial charge in [0.15, 0.2) is 0 Å². The SMILES string of the molecule is O=C(CCc1nc(-c2ccc(F)cc2)no1)Nc1ccc2ccccc2c1. The Labute approximate surface area is 154 Å². The average Bonchev–Trinajstić information content (AvgIpc) is 3.16. The third-order valence-electron chi connectivity index (χ3n) is 4.17. The Morgan fingerprint density at radius 2 is 1.78 bits per heavy atom. The van der Waals surface area contributed by atoms with Gasteiger partial charge in [-0.15, -0.1) is 0 Å². The number of hydrogen-bond acceptors (Lipinski definition) is 4. The van der Waals surface area contributed by atoms with Gasteiger partial charge in [-0.3, -0.25) is 4.79 Å². The molecule has 1 amide bonds. The van der Waals surface area contributed by atoms with Crippen LogP contribution in [0.5, 0.6) is 0 Å². The van der Waals surface area contributed by atoms with Gasteiger partial charge in [-0.25, -0.2) is 4.39 Å². The maximum absolute atomic E-state index is 13.0. The molecule has 0 radical (unpaired) electrons. The number of carbonyl (C=O) groups is 1. The van der Waals surface area contributed by atoms with Crippen LogP contribution < -0.4 is 5.32 Å². The number of aryl methyl sites for hydroxylation is 1. The first kappa shape index (κ1) is 16.9. The summed E-state index contributed by atoms with van der Waals surface area (Å²) in [5.41, 5.74) is 1.41. The Kier molecular flexibility index (Phi) is 4.61. The predicted molar refractivity (Wildman–Crippen MR) is 101 cm³/mol. The molecule has 1 aromatic heterocycles. The molecule has 0 atom stereocenters. The topological polar surface area (TPSA) is 68.0 Å². The Bertz CT molecular complexity index is 1090. The highest BCUT2D eigenvalue weighted by Crippen LogP contribution is 2.20. The smallest absolute Gasteiger partial charge is 0.227 e. The average molecular weight is 361 g/mol. The Balaban J connectivity index is 1.37. The molecule has 1 heterocycles. The fourth-order valence-corrected chi connectivity index (χ4v) is 2.78. The molecule has 0 aliphatic rings. The molecular weight excluding hydrogens is 345 g/mol. The van der Waals surface area contributed by atoms with Crippen molar-refractivity contribution in [1.82, 2.24) is 10.1 Å². The molecular formula is C21H16FN3O2. The standard InChI is InChI=1S/C21H16FN3O2/c22-17-8-5-15(6-9-17)21-24-20(27-25-21)12-11-19(26)23-18-10-7-14-3-1-2-4-16(14)13-18/h1-10,13H,11-12H2,(H,23,26). The van der Waals surface area contributed by atoms with Crippen LogP contribution in [0.3, 0.4) is 0 Å². The van der Waals surface area contributed by atoms with Crippen LogP contribution in [0, 0.1) is 5.82 Å². The first-order chi connectivity index (χ1) is 13.2. The molecule has 4 aromatic rings. The molecule has 0 spiro atoms. The number of nitrogens with one attached hydrogen (secondary N) is 1. The molecule has 3 aromatic carbocycles. The molecule has 4 rings (SSSR count). The summed E-state index contributed by atoms with van der Waals surface area (Å²) in [5.74, 6) is 0.280. The van der Waals surface area contributed by atoms with E-state index in [1.807, 2.05) is 42.5 Å². The largest absolute Gasteiger partial charge is 0.339 e. The molecule has 1 N–H and O–H groups in total. The van der Waals surface area contributed by atoms with Gasteiger partial charge in [0.25, 0.3) is 0 Å². The van der Waals surface area contributed by atoms with Crippen molar-refractivity contribution in [2.45, 2.75) is 12.8 Å². The Morgan fingerprint density at radius 3 is 2.59 bits per heavy atom. The van der Waals surface area contributed by atoms with Crippen LogP contribution in [-0.2, 0) is 11.2 Å². The third kappa shape index (κ3) is 4.00. The lowest BCUT2D eigenvalue weighted by molar-refractivity contribution is -0.116. The highest BCUT2D eigenvalue weighted by Gasteiger charge is 2.11. The van der Waals surface area contributed by atoms with E-state index in [9.17, 15) is 9.18 Å². The van der Waals surface area contributed by atoms with Crippen molar-refractivity contribution in [3.8, 4) is 11.4 Å². The zero-order valence-corrected chi connectivity index (χ0v) is 14.4. The number of fused-ring (bicyclic) bond motifs is 1. The van der Waals surface area contributed by atoms with Crippen molar-refractivity contribution in [2.75, 3.05) is 5.32 Å². The molecule has 134 valence electrons. The number of rotatable bonds is 5. The van der Waals surface area contributed by atoms with Crippen LogP contribution in [0.25, 0.3) is 22.2 Å². The molecule has 0 fully saturated rings. The summed E-state index contributed by atoms with van der Waals surface area (Å²) in [4.78, 5) is 16.4. The molecule has 5 nitrogen and oxygen atoms in total. The second-order valence-electron chi connectivity index (χ2n) is 6.13. The zero-order valence-electron chi connectivity index (χ0n) is 14.4. The number of amides is 1. The lowest BCUT2D eigenvalue weighted by Crippen LogP contribution is -2.12. The minimum absolute atomic E-state index is 0.133. The molecule has 0 aliphatic heterocycles. The summed E-state index contributed by atoms with van der Waals surface area (Å²) in [7, 11) is 0. The van der Waals surface area contributed by atoms with Gasteiger partial charge in [0, 0.05) is 24.1 Å². The summed E-state index contributed by atoms with van der Waals surface area (Å²) < 4.78 is 18.1. The maximum atomic E-state index is 13.0. The second-order valence-corrected chi connectivity index (χ2v) is 6.13. The van der Waals surface area contributed by atoms with E-state index in [0.29, 0.717) is 23.7 Å². The summed E-state index contributed by atoms with van der Waals surface area (Å²) >= 11 is 0.